The zero-order valence-electron chi connectivity index (χ0n) is 11.5. The van der Waals surface area contributed by atoms with E-state index in [2.05, 4.69) is 9.71 Å². The van der Waals surface area contributed by atoms with E-state index in [9.17, 15) is 8.42 Å². The number of aromatic nitrogens is 1. The highest BCUT2D eigenvalue weighted by Crippen LogP contribution is 2.30. The molecule has 2 aromatic heterocycles. The number of hydrogen-bond acceptors (Lipinski definition) is 6. The molecular weight excluding hydrogens is 314 g/mol. The fraction of sp³-hybridized carbons (Fsp3) is 0.417. The van der Waals surface area contributed by atoms with Crippen molar-refractivity contribution in [3.8, 4) is 0 Å². The van der Waals surface area contributed by atoms with Crippen LogP contribution in [-0.4, -0.2) is 13.4 Å². The number of aryl methyl sites for hydroxylation is 1. The third kappa shape index (κ3) is 2.94. The molecule has 0 bridgehead atoms. The topological polar surface area (TPSA) is 85.1 Å². The molecule has 0 aliphatic carbocycles. The van der Waals surface area contributed by atoms with Crippen molar-refractivity contribution < 1.29 is 8.42 Å². The van der Waals surface area contributed by atoms with Crippen LogP contribution in [-0.2, 0) is 22.1 Å². The molecule has 0 atom stereocenters. The SMILES string of the molecule is Cc1csc(CN)c1S(=O)(=O)NC(C)(C)c1nccs1. The molecule has 0 spiro atoms. The summed E-state index contributed by atoms with van der Waals surface area (Å²) in [5.41, 5.74) is 5.59. The van der Waals surface area contributed by atoms with E-state index >= 15 is 0 Å². The molecular formula is C12H17N3O2S3. The molecule has 20 heavy (non-hydrogen) atoms. The lowest BCUT2D eigenvalue weighted by Crippen LogP contribution is -2.41. The molecule has 0 aromatic carbocycles. The van der Waals surface area contributed by atoms with Gasteiger partial charge in [-0.3, -0.25) is 0 Å². The van der Waals surface area contributed by atoms with Gasteiger partial charge in [0.2, 0.25) is 10.0 Å². The molecule has 8 heteroatoms. The van der Waals surface area contributed by atoms with Crippen molar-refractivity contribution in [1.82, 2.24) is 9.71 Å². The minimum atomic E-state index is -3.63. The lowest BCUT2D eigenvalue weighted by atomic mass is 10.1. The number of thiophene rings is 1. The fourth-order valence-electron chi connectivity index (χ4n) is 1.95. The van der Waals surface area contributed by atoms with E-state index in [-0.39, 0.29) is 6.54 Å². The monoisotopic (exact) mass is 331 g/mol. The van der Waals surface area contributed by atoms with Gasteiger partial charge in [-0.1, -0.05) is 0 Å². The van der Waals surface area contributed by atoms with Crippen LogP contribution in [0.2, 0.25) is 0 Å². The molecule has 0 amide bonds. The smallest absolute Gasteiger partial charge is 0.242 e. The van der Waals surface area contributed by atoms with Crippen LogP contribution >= 0.6 is 22.7 Å². The normalized spacial score (nSPS) is 12.8. The van der Waals surface area contributed by atoms with Crippen molar-refractivity contribution in [3.63, 3.8) is 0 Å². The van der Waals surface area contributed by atoms with Gasteiger partial charge in [-0.05, 0) is 31.7 Å². The van der Waals surface area contributed by atoms with Gasteiger partial charge in [0.05, 0.1) is 5.54 Å². The number of nitrogens with zero attached hydrogens (tertiary/aromatic N) is 1. The average Bonchev–Trinajstić information content (AvgIpc) is 2.95. The Morgan fingerprint density at radius 2 is 2.10 bits per heavy atom. The highest BCUT2D eigenvalue weighted by atomic mass is 32.2. The van der Waals surface area contributed by atoms with Crippen molar-refractivity contribution in [1.29, 1.82) is 0 Å². The molecule has 0 radical (unpaired) electrons. The third-order valence-electron chi connectivity index (χ3n) is 2.80. The first-order chi connectivity index (χ1) is 9.28. The molecule has 0 saturated heterocycles. The van der Waals surface area contributed by atoms with Crippen LogP contribution in [0.3, 0.4) is 0 Å². The van der Waals surface area contributed by atoms with Gasteiger partial charge in [0.25, 0.3) is 0 Å². The quantitative estimate of drug-likeness (QED) is 0.879. The second kappa shape index (κ2) is 5.53. The van der Waals surface area contributed by atoms with Gasteiger partial charge >= 0.3 is 0 Å². The second-order valence-corrected chi connectivity index (χ2v) is 8.42. The first-order valence-corrected chi connectivity index (χ1v) is 9.23. The van der Waals surface area contributed by atoms with Crippen LogP contribution in [0.5, 0.6) is 0 Å². The Morgan fingerprint density at radius 3 is 2.65 bits per heavy atom. The number of thiazole rings is 1. The molecule has 5 nitrogen and oxygen atoms in total. The standard InChI is InChI=1S/C12H17N3O2S3/c1-8-7-19-9(6-13)10(8)20(16,17)15-12(2,3)11-14-4-5-18-11/h4-5,7,15H,6,13H2,1-3H3. The van der Waals surface area contributed by atoms with Crippen molar-refractivity contribution >= 4 is 32.7 Å². The van der Waals surface area contributed by atoms with Crippen LogP contribution < -0.4 is 10.5 Å². The molecule has 0 fully saturated rings. The van der Waals surface area contributed by atoms with Crippen molar-refractivity contribution in [2.24, 2.45) is 5.73 Å². The molecule has 3 N–H and O–H groups in total. The van der Waals surface area contributed by atoms with E-state index in [0.29, 0.717) is 9.77 Å². The van der Waals surface area contributed by atoms with E-state index in [4.69, 9.17) is 5.73 Å². The Labute approximate surface area is 126 Å². The van der Waals surface area contributed by atoms with Gasteiger partial charge in [-0.15, -0.1) is 22.7 Å². The Hall–Kier alpha value is -0.800. The largest absolute Gasteiger partial charge is 0.326 e. The zero-order valence-corrected chi connectivity index (χ0v) is 14.0. The fourth-order valence-corrected chi connectivity index (χ4v) is 5.82. The molecule has 2 heterocycles. The van der Waals surface area contributed by atoms with Crippen LogP contribution in [0.1, 0.15) is 29.3 Å². The van der Waals surface area contributed by atoms with Gasteiger partial charge in [0, 0.05) is 23.0 Å². The molecule has 110 valence electrons. The third-order valence-corrected chi connectivity index (χ3v) is 7.04. The summed E-state index contributed by atoms with van der Waals surface area (Å²) in [5.74, 6) is 0. The highest BCUT2D eigenvalue weighted by Gasteiger charge is 2.32. The Bertz CT molecular complexity index is 688. The first kappa shape index (κ1) is 15.6. The van der Waals surface area contributed by atoms with Crippen LogP contribution in [0.15, 0.2) is 21.9 Å². The molecule has 0 unspecified atom stereocenters. The van der Waals surface area contributed by atoms with Gasteiger partial charge in [0.1, 0.15) is 9.90 Å². The van der Waals surface area contributed by atoms with Gasteiger partial charge < -0.3 is 5.73 Å². The second-order valence-electron chi connectivity index (χ2n) is 4.94. The predicted molar refractivity (Wildman–Crippen MR) is 82.4 cm³/mol. The summed E-state index contributed by atoms with van der Waals surface area (Å²) >= 11 is 2.79. The van der Waals surface area contributed by atoms with E-state index in [1.165, 1.54) is 22.7 Å². The summed E-state index contributed by atoms with van der Waals surface area (Å²) in [5, 5.41) is 4.36. The number of sulfonamides is 1. The molecule has 0 aliphatic heterocycles. The summed E-state index contributed by atoms with van der Waals surface area (Å²) in [6, 6.07) is 0. The van der Waals surface area contributed by atoms with Gasteiger partial charge in [0.15, 0.2) is 0 Å². The maximum Gasteiger partial charge on any atom is 0.242 e. The predicted octanol–water partition coefficient (Wildman–Crippen LogP) is 2.19. The van der Waals surface area contributed by atoms with Crippen LogP contribution in [0, 0.1) is 6.92 Å². The molecule has 2 aromatic rings. The lowest BCUT2D eigenvalue weighted by molar-refractivity contribution is 0.469. The summed E-state index contributed by atoms with van der Waals surface area (Å²) in [4.78, 5) is 5.16. The zero-order chi connectivity index (χ0) is 15.0. The van der Waals surface area contributed by atoms with E-state index in [1.807, 2.05) is 10.8 Å². The maximum atomic E-state index is 12.6. The summed E-state index contributed by atoms with van der Waals surface area (Å²) < 4.78 is 28.0. The van der Waals surface area contributed by atoms with Crippen molar-refractivity contribution in [3.05, 3.63) is 32.4 Å². The Balaban J connectivity index is 2.39. The van der Waals surface area contributed by atoms with Crippen LogP contribution in [0.25, 0.3) is 0 Å². The average molecular weight is 331 g/mol. The van der Waals surface area contributed by atoms with Crippen molar-refractivity contribution in [2.45, 2.75) is 37.8 Å². The minimum absolute atomic E-state index is 0.215. The van der Waals surface area contributed by atoms with E-state index < -0.39 is 15.6 Å². The summed E-state index contributed by atoms with van der Waals surface area (Å²) in [7, 11) is -3.63. The highest BCUT2D eigenvalue weighted by molar-refractivity contribution is 7.89. The van der Waals surface area contributed by atoms with Crippen molar-refractivity contribution in [2.75, 3.05) is 0 Å². The summed E-state index contributed by atoms with van der Waals surface area (Å²) in [6.45, 7) is 5.59. The first-order valence-electron chi connectivity index (χ1n) is 5.99. The maximum absolute atomic E-state index is 12.6. The van der Waals surface area contributed by atoms with E-state index in [1.54, 1.807) is 27.0 Å². The number of hydrogen-bond donors (Lipinski definition) is 2. The van der Waals surface area contributed by atoms with E-state index in [0.717, 1.165) is 10.6 Å². The molecule has 0 aliphatic rings. The lowest BCUT2D eigenvalue weighted by Gasteiger charge is -2.24. The van der Waals surface area contributed by atoms with Gasteiger partial charge in [-0.2, -0.15) is 4.72 Å². The number of nitrogens with two attached hydrogens (primary N) is 1. The minimum Gasteiger partial charge on any atom is -0.326 e. The Kier molecular flexibility index (Phi) is 4.31. The van der Waals surface area contributed by atoms with Gasteiger partial charge in [-0.25, -0.2) is 13.4 Å². The number of rotatable bonds is 5. The molecule has 2 rings (SSSR count). The Morgan fingerprint density at radius 1 is 1.40 bits per heavy atom. The number of nitrogens with one attached hydrogen (secondary N) is 1. The summed E-state index contributed by atoms with van der Waals surface area (Å²) in [6.07, 6.45) is 1.66. The molecule has 0 saturated carbocycles. The van der Waals surface area contributed by atoms with Crippen LogP contribution in [0.4, 0.5) is 0 Å².